The Morgan fingerprint density at radius 1 is 1.60 bits per heavy atom. The third-order valence-corrected chi connectivity index (χ3v) is 2.22. The summed E-state index contributed by atoms with van der Waals surface area (Å²) in [5.41, 5.74) is 0.110. The standard InChI is InChI=1S/C9H5ClFNO3/c10-6-1-7-9(15-4-14-7)5(8(6)11)2-12-3-13/h1H,2,4H2. The van der Waals surface area contributed by atoms with Crippen LogP contribution in [0.1, 0.15) is 5.56 Å². The minimum absolute atomic E-state index is 0.00686. The van der Waals surface area contributed by atoms with Crippen LogP contribution >= 0.6 is 11.6 Å². The molecule has 0 radical (unpaired) electrons. The molecule has 0 spiro atoms. The smallest absolute Gasteiger partial charge is 0.235 e. The normalized spacial score (nSPS) is 12.4. The fraction of sp³-hybridized carbons (Fsp3) is 0.222. The average molecular weight is 230 g/mol. The molecule has 1 aromatic rings. The lowest BCUT2D eigenvalue weighted by molar-refractivity contribution is 0.173. The number of hydrogen-bond acceptors (Lipinski definition) is 4. The third kappa shape index (κ3) is 1.67. The topological polar surface area (TPSA) is 47.9 Å². The van der Waals surface area contributed by atoms with Gasteiger partial charge in [-0.1, -0.05) is 11.6 Å². The molecule has 1 aromatic carbocycles. The summed E-state index contributed by atoms with van der Waals surface area (Å²) < 4.78 is 23.6. The number of isocyanates is 1. The Hall–Kier alpha value is -1.58. The van der Waals surface area contributed by atoms with E-state index < -0.39 is 5.82 Å². The van der Waals surface area contributed by atoms with Gasteiger partial charge in [0.15, 0.2) is 17.3 Å². The summed E-state index contributed by atoms with van der Waals surface area (Å²) in [5, 5.41) is -0.0876. The average Bonchev–Trinajstić information content (AvgIpc) is 2.66. The zero-order valence-electron chi connectivity index (χ0n) is 7.42. The van der Waals surface area contributed by atoms with Crippen molar-refractivity contribution in [2.24, 2.45) is 4.99 Å². The molecule has 0 saturated carbocycles. The summed E-state index contributed by atoms with van der Waals surface area (Å²) in [6, 6.07) is 1.33. The number of halogens is 2. The van der Waals surface area contributed by atoms with Gasteiger partial charge < -0.3 is 9.47 Å². The summed E-state index contributed by atoms with van der Waals surface area (Å²) in [6.45, 7) is -0.158. The molecule has 0 aromatic heterocycles. The Bertz CT molecular complexity index is 457. The maximum absolute atomic E-state index is 13.5. The van der Waals surface area contributed by atoms with E-state index in [1.165, 1.54) is 12.1 Å². The number of aliphatic imine (C=N–C) groups is 1. The van der Waals surface area contributed by atoms with E-state index in [0.717, 1.165) is 0 Å². The number of hydrogen-bond donors (Lipinski definition) is 0. The van der Waals surface area contributed by atoms with E-state index >= 15 is 0 Å². The summed E-state index contributed by atoms with van der Waals surface area (Å²) >= 11 is 5.63. The van der Waals surface area contributed by atoms with E-state index in [1.54, 1.807) is 0 Å². The van der Waals surface area contributed by atoms with E-state index in [4.69, 9.17) is 21.1 Å². The van der Waals surface area contributed by atoms with Crippen molar-refractivity contribution in [1.29, 1.82) is 0 Å². The summed E-state index contributed by atoms with van der Waals surface area (Å²) in [4.78, 5) is 13.2. The maximum atomic E-state index is 13.5. The van der Waals surface area contributed by atoms with Crippen LogP contribution in [0.5, 0.6) is 11.5 Å². The second-order valence-corrected chi connectivity index (χ2v) is 3.20. The molecule has 6 heteroatoms. The van der Waals surface area contributed by atoms with Crippen LogP contribution in [-0.4, -0.2) is 12.9 Å². The molecule has 1 aliphatic rings. The van der Waals surface area contributed by atoms with E-state index in [2.05, 4.69) is 4.99 Å². The lowest BCUT2D eigenvalue weighted by atomic mass is 10.1. The molecule has 0 bridgehead atoms. The minimum atomic E-state index is -0.653. The summed E-state index contributed by atoms with van der Waals surface area (Å²) in [7, 11) is 0. The highest BCUT2D eigenvalue weighted by molar-refractivity contribution is 6.31. The quantitative estimate of drug-likeness (QED) is 0.576. The molecular weight excluding hydrogens is 225 g/mol. The molecule has 15 heavy (non-hydrogen) atoms. The number of fused-ring (bicyclic) bond motifs is 1. The molecular formula is C9H5ClFNO3. The van der Waals surface area contributed by atoms with Crippen LogP contribution in [0.25, 0.3) is 0 Å². The monoisotopic (exact) mass is 229 g/mol. The molecule has 4 nitrogen and oxygen atoms in total. The van der Waals surface area contributed by atoms with Gasteiger partial charge in [-0.25, -0.2) is 14.2 Å². The van der Waals surface area contributed by atoms with Gasteiger partial charge in [0.2, 0.25) is 12.9 Å². The van der Waals surface area contributed by atoms with Gasteiger partial charge >= 0.3 is 0 Å². The first-order valence-electron chi connectivity index (χ1n) is 4.04. The highest BCUT2D eigenvalue weighted by atomic mass is 35.5. The van der Waals surface area contributed by atoms with Crippen molar-refractivity contribution in [2.75, 3.05) is 6.79 Å². The highest BCUT2D eigenvalue weighted by Gasteiger charge is 2.23. The van der Waals surface area contributed by atoms with Gasteiger partial charge in [-0.15, -0.1) is 0 Å². The van der Waals surface area contributed by atoms with Crippen LogP contribution in [0.2, 0.25) is 5.02 Å². The predicted molar refractivity (Wildman–Crippen MR) is 49.4 cm³/mol. The van der Waals surface area contributed by atoms with Crippen molar-refractivity contribution in [3.8, 4) is 11.5 Å². The van der Waals surface area contributed by atoms with E-state index in [0.29, 0.717) is 5.75 Å². The van der Waals surface area contributed by atoms with Crippen molar-refractivity contribution in [3.63, 3.8) is 0 Å². The minimum Gasteiger partial charge on any atom is -0.454 e. The molecule has 0 aliphatic carbocycles. The van der Waals surface area contributed by atoms with Crippen LogP contribution < -0.4 is 9.47 Å². The molecule has 78 valence electrons. The number of nitrogens with zero attached hydrogens (tertiary/aromatic N) is 1. The molecule has 0 atom stereocenters. The second kappa shape index (κ2) is 3.88. The molecule has 2 rings (SSSR count). The first-order valence-corrected chi connectivity index (χ1v) is 4.42. The van der Waals surface area contributed by atoms with Crippen molar-refractivity contribution >= 4 is 17.7 Å². The largest absolute Gasteiger partial charge is 0.454 e. The van der Waals surface area contributed by atoms with Crippen molar-refractivity contribution < 1.29 is 18.7 Å². The van der Waals surface area contributed by atoms with E-state index in [-0.39, 0.29) is 29.7 Å². The zero-order chi connectivity index (χ0) is 10.8. The summed E-state index contributed by atoms with van der Waals surface area (Å²) in [6.07, 6.45) is 1.32. The van der Waals surface area contributed by atoms with Crippen LogP contribution in [0.15, 0.2) is 11.1 Å². The Morgan fingerprint density at radius 3 is 3.13 bits per heavy atom. The lowest BCUT2D eigenvalue weighted by Crippen LogP contribution is -1.95. The van der Waals surface area contributed by atoms with Crippen molar-refractivity contribution in [1.82, 2.24) is 0 Å². The number of rotatable bonds is 2. The van der Waals surface area contributed by atoms with Crippen LogP contribution in [0.4, 0.5) is 4.39 Å². The molecule has 0 amide bonds. The maximum Gasteiger partial charge on any atom is 0.235 e. The van der Waals surface area contributed by atoms with Crippen LogP contribution in [-0.2, 0) is 11.3 Å². The van der Waals surface area contributed by atoms with Gasteiger partial charge in [0.05, 0.1) is 17.1 Å². The van der Waals surface area contributed by atoms with E-state index in [1.807, 2.05) is 0 Å². The molecule has 1 heterocycles. The first-order chi connectivity index (χ1) is 7.24. The molecule has 1 aliphatic heterocycles. The second-order valence-electron chi connectivity index (χ2n) is 2.79. The molecule has 0 fully saturated rings. The molecule has 0 saturated heterocycles. The van der Waals surface area contributed by atoms with Gasteiger partial charge in [-0.2, -0.15) is 0 Å². The number of benzene rings is 1. The molecule has 0 unspecified atom stereocenters. The van der Waals surface area contributed by atoms with Crippen molar-refractivity contribution in [2.45, 2.75) is 6.54 Å². The zero-order valence-corrected chi connectivity index (χ0v) is 8.18. The Kier molecular flexibility index (Phi) is 2.58. The van der Waals surface area contributed by atoms with Gasteiger partial charge in [-0.3, -0.25) is 0 Å². The first kappa shape index (κ1) is 9.96. The number of ether oxygens (including phenoxy) is 2. The van der Waals surface area contributed by atoms with Crippen LogP contribution in [0, 0.1) is 5.82 Å². The SMILES string of the molecule is O=C=NCc1c(F)c(Cl)cc2c1OCO2. The lowest BCUT2D eigenvalue weighted by Gasteiger charge is -2.05. The predicted octanol–water partition coefficient (Wildman–Crippen LogP) is 2.04. The third-order valence-electron chi connectivity index (χ3n) is 1.95. The Labute approximate surface area is 89.3 Å². The fourth-order valence-electron chi connectivity index (χ4n) is 1.31. The highest BCUT2D eigenvalue weighted by Crippen LogP contribution is 2.40. The molecule has 0 N–H and O–H groups in total. The van der Waals surface area contributed by atoms with E-state index in [9.17, 15) is 9.18 Å². The van der Waals surface area contributed by atoms with Gasteiger partial charge in [0.1, 0.15) is 0 Å². The fourth-order valence-corrected chi connectivity index (χ4v) is 1.52. The van der Waals surface area contributed by atoms with Crippen LogP contribution in [0.3, 0.4) is 0 Å². The number of carbonyl (C=O) groups excluding carboxylic acids is 1. The Morgan fingerprint density at radius 2 is 2.40 bits per heavy atom. The van der Waals surface area contributed by atoms with Gasteiger partial charge in [0, 0.05) is 6.07 Å². The van der Waals surface area contributed by atoms with Crippen molar-refractivity contribution in [3.05, 3.63) is 22.5 Å². The van der Waals surface area contributed by atoms with Gasteiger partial charge in [-0.05, 0) is 0 Å². The van der Waals surface area contributed by atoms with Gasteiger partial charge in [0.25, 0.3) is 0 Å². The summed E-state index contributed by atoms with van der Waals surface area (Å²) in [5.74, 6) is -0.0479. The Balaban J connectivity index is 2.54.